The minimum absolute atomic E-state index is 0.879. The molecule has 0 aliphatic rings. The molecule has 6 aromatic carbocycles. The number of thiophene rings is 2. The van der Waals surface area contributed by atoms with E-state index in [1.165, 1.54) is 45.7 Å². The molecule has 4 aromatic heterocycles. The molecular weight excluding hydrogens is 577 g/mol. The highest BCUT2D eigenvalue weighted by atomic mass is 32.1. The minimum Gasteiger partial charge on any atom is -0.456 e. The van der Waals surface area contributed by atoms with Crippen LogP contribution in [0.1, 0.15) is 0 Å². The van der Waals surface area contributed by atoms with Gasteiger partial charge in [0, 0.05) is 64.7 Å². The van der Waals surface area contributed by atoms with Crippen molar-refractivity contribution in [3.63, 3.8) is 0 Å². The number of hydrogen-bond acceptors (Lipinski definition) is 5. The van der Waals surface area contributed by atoms with Gasteiger partial charge in [0.1, 0.15) is 11.2 Å². The highest BCUT2D eigenvalue weighted by Crippen LogP contribution is 2.47. The molecule has 0 N–H and O–H groups in total. The van der Waals surface area contributed by atoms with Crippen LogP contribution in [0.4, 0.5) is 17.1 Å². The van der Waals surface area contributed by atoms with Crippen molar-refractivity contribution < 1.29 is 4.42 Å². The quantitative estimate of drug-likeness (QED) is 0.203. The van der Waals surface area contributed by atoms with Crippen LogP contribution in [0, 0.1) is 0 Å². The fraction of sp³-hybridized carbons (Fsp3) is 0. The maximum atomic E-state index is 6.37. The smallest absolute Gasteiger partial charge is 0.137 e. The third-order valence-electron chi connectivity index (χ3n) is 8.68. The summed E-state index contributed by atoms with van der Waals surface area (Å²) in [5.41, 5.74) is 6.08. The lowest BCUT2D eigenvalue weighted by atomic mass is 10.1. The molecule has 3 nitrogen and oxygen atoms in total. The molecule has 206 valence electrons. The largest absolute Gasteiger partial charge is 0.456 e. The lowest BCUT2D eigenvalue weighted by Gasteiger charge is -2.26. The average Bonchev–Trinajstić information content (AvgIpc) is 3.74. The molecule has 0 saturated heterocycles. The van der Waals surface area contributed by atoms with Crippen LogP contribution in [-0.2, 0) is 0 Å². The van der Waals surface area contributed by atoms with Crippen molar-refractivity contribution in [3.8, 4) is 0 Å². The first-order valence-corrected chi connectivity index (χ1v) is 16.2. The Morgan fingerprint density at radius 2 is 1.18 bits per heavy atom. The van der Waals surface area contributed by atoms with Gasteiger partial charge >= 0.3 is 0 Å². The number of fused-ring (bicyclic) bond motifs is 10. The first kappa shape index (κ1) is 24.2. The zero-order valence-electron chi connectivity index (χ0n) is 23.3. The summed E-state index contributed by atoms with van der Waals surface area (Å²) in [5.74, 6) is 0. The van der Waals surface area contributed by atoms with E-state index < -0.39 is 0 Å². The van der Waals surface area contributed by atoms with Crippen molar-refractivity contribution in [1.29, 1.82) is 0 Å². The molecule has 5 heteroatoms. The first-order chi connectivity index (χ1) is 21.8. The van der Waals surface area contributed by atoms with Crippen LogP contribution in [0.25, 0.3) is 73.2 Å². The molecule has 0 saturated carbocycles. The summed E-state index contributed by atoms with van der Waals surface area (Å²) in [6, 6.07) is 45.6. The van der Waals surface area contributed by atoms with E-state index in [-0.39, 0.29) is 0 Å². The SMILES string of the molecule is c1ccc2cc3c(cc2c1)sc1c(N(c2ccc4c(c2)oc2ccccc24)c2ccc4c(c2)sc2ccccc24)ccnc13. The van der Waals surface area contributed by atoms with E-state index in [4.69, 9.17) is 9.40 Å². The summed E-state index contributed by atoms with van der Waals surface area (Å²) in [7, 11) is 0. The minimum atomic E-state index is 0.879. The van der Waals surface area contributed by atoms with E-state index in [2.05, 4.69) is 120 Å². The van der Waals surface area contributed by atoms with Gasteiger partial charge in [-0.2, -0.15) is 0 Å². The Hall–Kier alpha value is -5.23. The van der Waals surface area contributed by atoms with E-state index in [1.807, 2.05) is 41.0 Å². The van der Waals surface area contributed by atoms with Crippen LogP contribution >= 0.6 is 22.7 Å². The molecule has 0 atom stereocenters. The molecule has 0 bridgehead atoms. The van der Waals surface area contributed by atoms with Gasteiger partial charge in [0.05, 0.1) is 15.9 Å². The van der Waals surface area contributed by atoms with Crippen LogP contribution in [0.2, 0.25) is 0 Å². The Bertz CT molecular complexity index is 2640. The van der Waals surface area contributed by atoms with Gasteiger partial charge in [-0.1, -0.05) is 66.7 Å². The monoisotopic (exact) mass is 598 g/mol. The second kappa shape index (κ2) is 9.13. The molecule has 0 radical (unpaired) electrons. The summed E-state index contributed by atoms with van der Waals surface area (Å²) in [4.78, 5) is 7.30. The summed E-state index contributed by atoms with van der Waals surface area (Å²) < 4.78 is 11.4. The van der Waals surface area contributed by atoms with Crippen molar-refractivity contribution in [1.82, 2.24) is 4.98 Å². The van der Waals surface area contributed by atoms with E-state index in [9.17, 15) is 0 Å². The average molecular weight is 599 g/mol. The highest BCUT2D eigenvalue weighted by molar-refractivity contribution is 7.26. The maximum Gasteiger partial charge on any atom is 0.137 e. The van der Waals surface area contributed by atoms with Gasteiger partial charge in [0.2, 0.25) is 0 Å². The number of hydrogen-bond donors (Lipinski definition) is 0. The van der Waals surface area contributed by atoms with Crippen molar-refractivity contribution >= 4 is 113 Å². The second-order valence-corrected chi connectivity index (χ2v) is 13.3. The molecule has 10 aromatic rings. The topological polar surface area (TPSA) is 29.3 Å². The van der Waals surface area contributed by atoms with Crippen molar-refractivity contribution in [2.75, 3.05) is 4.90 Å². The van der Waals surface area contributed by atoms with E-state index in [0.29, 0.717) is 0 Å². The van der Waals surface area contributed by atoms with Crippen LogP contribution in [0.15, 0.2) is 138 Å². The molecule has 0 unspecified atom stereocenters. The number of anilines is 3. The van der Waals surface area contributed by atoms with Crippen molar-refractivity contribution in [2.24, 2.45) is 0 Å². The molecule has 0 spiro atoms. The molecule has 0 aliphatic carbocycles. The van der Waals surface area contributed by atoms with E-state index in [0.717, 1.165) is 44.5 Å². The van der Waals surface area contributed by atoms with Gasteiger partial charge in [-0.15, -0.1) is 22.7 Å². The third-order valence-corrected chi connectivity index (χ3v) is 11.0. The summed E-state index contributed by atoms with van der Waals surface area (Å²) in [6.07, 6.45) is 1.95. The number of aromatic nitrogens is 1. The zero-order valence-corrected chi connectivity index (χ0v) is 25.0. The Morgan fingerprint density at radius 1 is 0.500 bits per heavy atom. The fourth-order valence-electron chi connectivity index (χ4n) is 6.64. The molecule has 0 fully saturated rings. The zero-order chi connectivity index (χ0) is 28.8. The number of nitrogens with zero attached hydrogens (tertiary/aromatic N) is 2. The summed E-state index contributed by atoms with van der Waals surface area (Å²) >= 11 is 3.65. The molecule has 4 heterocycles. The van der Waals surface area contributed by atoms with Gasteiger partial charge in [0.15, 0.2) is 0 Å². The lowest BCUT2D eigenvalue weighted by molar-refractivity contribution is 0.669. The Kier molecular flexibility index (Phi) is 5.03. The molecule has 10 rings (SSSR count). The predicted molar refractivity (Wildman–Crippen MR) is 189 cm³/mol. The molecule has 44 heavy (non-hydrogen) atoms. The number of benzene rings is 6. The summed E-state index contributed by atoms with van der Waals surface area (Å²) in [5, 5.41) is 8.52. The Morgan fingerprint density at radius 3 is 2.09 bits per heavy atom. The number of furan rings is 1. The first-order valence-electron chi connectivity index (χ1n) is 14.6. The third kappa shape index (κ3) is 3.51. The predicted octanol–water partition coefficient (Wildman–Crippen LogP) is 12.3. The van der Waals surface area contributed by atoms with Crippen LogP contribution in [0.3, 0.4) is 0 Å². The second-order valence-electron chi connectivity index (χ2n) is 11.2. The van der Waals surface area contributed by atoms with Gasteiger partial charge in [-0.3, -0.25) is 4.98 Å². The van der Waals surface area contributed by atoms with Gasteiger partial charge in [-0.25, -0.2) is 0 Å². The number of pyridine rings is 1. The van der Waals surface area contributed by atoms with E-state index >= 15 is 0 Å². The van der Waals surface area contributed by atoms with Crippen molar-refractivity contribution in [2.45, 2.75) is 0 Å². The Balaban J connectivity index is 1.26. The highest BCUT2D eigenvalue weighted by Gasteiger charge is 2.21. The number of rotatable bonds is 3. The molecule has 0 aliphatic heterocycles. The van der Waals surface area contributed by atoms with Crippen LogP contribution < -0.4 is 4.90 Å². The molecular formula is C39H22N2OS2. The van der Waals surface area contributed by atoms with Gasteiger partial charge in [0.25, 0.3) is 0 Å². The van der Waals surface area contributed by atoms with Crippen LogP contribution in [-0.4, -0.2) is 4.98 Å². The van der Waals surface area contributed by atoms with Crippen LogP contribution in [0.5, 0.6) is 0 Å². The molecule has 0 amide bonds. The van der Waals surface area contributed by atoms with Crippen molar-refractivity contribution in [3.05, 3.63) is 134 Å². The standard InChI is InChI=1S/C39H22N2OS2/c1-2-8-24-20-36-31(19-23(24)7-1)38-39(44-36)32(17-18-40-38)41(25-13-15-28-27-9-3-5-11-33(27)42-34(28)21-25)26-14-16-30-29-10-4-6-12-35(29)43-37(30)22-26/h1-22H. The van der Waals surface area contributed by atoms with Gasteiger partial charge in [-0.05, 0) is 65.4 Å². The lowest BCUT2D eigenvalue weighted by Crippen LogP contribution is -2.10. The summed E-state index contributed by atoms with van der Waals surface area (Å²) in [6.45, 7) is 0. The van der Waals surface area contributed by atoms with E-state index in [1.54, 1.807) is 0 Å². The van der Waals surface area contributed by atoms with Gasteiger partial charge < -0.3 is 9.32 Å². The normalized spacial score (nSPS) is 12.1. The Labute approximate surface area is 259 Å². The number of para-hydroxylation sites is 1. The fourth-order valence-corrected chi connectivity index (χ4v) is 8.97. The maximum absolute atomic E-state index is 6.37.